The Morgan fingerprint density at radius 3 is 1.30 bits per heavy atom. The summed E-state index contributed by atoms with van der Waals surface area (Å²) < 4.78 is 44.1. The van der Waals surface area contributed by atoms with Crippen LogP contribution in [0.3, 0.4) is 0 Å². The molecule has 4 bridgehead atoms. The third-order valence-corrected chi connectivity index (χ3v) is 10.8. The molecule has 0 saturated carbocycles. The zero-order chi connectivity index (χ0) is 42.6. The summed E-state index contributed by atoms with van der Waals surface area (Å²) in [6.07, 6.45) is 0.499. The topological polar surface area (TPSA) is 267 Å². The third kappa shape index (κ3) is 5.69. The average molecular weight is 839 g/mol. The minimum atomic E-state index is -1.77. The first kappa shape index (κ1) is 44.5. The van der Waals surface area contributed by atoms with Crippen LogP contribution in [0.25, 0.3) is 0 Å². The zero-order valence-electron chi connectivity index (χ0n) is 32.2. The first-order valence-corrected chi connectivity index (χ1v) is 17.3. The van der Waals surface area contributed by atoms with E-state index in [2.05, 4.69) is 0 Å². The van der Waals surface area contributed by atoms with Gasteiger partial charge in [0.25, 0.3) is 0 Å². The van der Waals surface area contributed by atoms with Crippen LogP contribution >= 0.6 is 0 Å². The number of aromatic hydroxyl groups is 6. The predicted molar refractivity (Wildman–Crippen MR) is 208 cm³/mol. The smallest absolute Gasteiger partial charge is 0.240 e. The molecule has 60 heavy (non-hydrogen) atoms. The van der Waals surface area contributed by atoms with Crippen molar-refractivity contribution >= 4 is 17.9 Å². The highest BCUT2D eigenvalue weighted by atomic mass is 16.7. The van der Waals surface area contributed by atoms with Crippen molar-refractivity contribution in [3.05, 3.63) is 68.8 Å². The summed E-state index contributed by atoms with van der Waals surface area (Å²) in [6.45, 7) is 5.32. The highest BCUT2D eigenvalue weighted by Crippen LogP contribution is 2.62. The monoisotopic (exact) mass is 838 g/mol. The Hall–Kier alpha value is -6.63. The minimum absolute atomic E-state index is 0. The number of Topliss-reactive ketones (excluding diaryl/α,β-unsaturated/α-hetero) is 2. The van der Waals surface area contributed by atoms with Gasteiger partial charge in [-0.05, 0) is 43.7 Å². The minimum Gasteiger partial charge on any atom is -0.504 e. The lowest BCUT2D eigenvalue weighted by Gasteiger charge is -2.49. The number of aliphatic hydroxyl groups excluding tert-OH is 1. The Morgan fingerprint density at radius 2 is 0.917 bits per heavy atom. The van der Waals surface area contributed by atoms with Crippen molar-refractivity contribution in [1.82, 2.24) is 0 Å². The average Bonchev–Trinajstić information content (AvgIpc) is 3.19. The number of carbonyl (C=O) groups is 3. The standard InChI is InChI=1S/C20H20O9.C20H18O9.2CH4/c2*1-19-12-8(7-21)5-10(26-3)15(23)17(12)28-20(2,29-19)13-9(18(19)25)6-11(27-4)14(22)16(13)24;;/h5-6,21-24H,7H2,1-4H3;5-7,22-24H,1-4H3;2*1H4. The van der Waals surface area contributed by atoms with Crippen molar-refractivity contribution in [2.45, 2.75) is 71.9 Å². The van der Waals surface area contributed by atoms with Crippen LogP contribution in [0.4, 0.5) is 0 Å². The molecule has 4 aromatic rings. The van der Waals surface area contributed by atoms with Gasteiger partial charge < -0.3 is 73.6 Å². The van der Waals surface area contributed by atoms with Crippen LogP contribution in [0, 0.1) is 0 Å². The van der Waals surface area contributed by atoms with Gasteiger partial charge in [0.2, 0.25) is 34.6 Å². The fraction of sp³-hybridized carbons (Fsp3) is 0.357. The number of hydrogen-bond acceptors (Lipinski definition) is 18. The van der Waals surface area contributed by atoms with E-state index >= 15 is 0 Å². The molecular formula is C42H46O18. The molecule has 4 atom stereocenters. The Morgan fingerprint density at radius 1 is 0.550 bits per heavy atom. The first-order valence-electron chi connectivity index (χ1n) is 17.3. The molecule has 0 aliphatic carbocycles. The summed E-state index contributed by atoms with van der Waals surface area (Å²) in [5.74, 6) is -8.47. The molecule has 0 spiro atoms. The predicted octanol–water partition coefficient (Wildman–Crippen LogP) is 5.61. The van der Waals surface area contributed by atoms with Gasteiger partial charge in [-0.2, -0.15) is 0 Å². The van der Waals surface area contributed by atoms with Gasteiger partial charge in [-0.1, -0.05) is 14.9 Å². The quantitative estimate of drug-likeness (QED) is 0.0919. The van der Waals surface area contributed by atoms with E-state index in [1.165, 1.54) is 80.4 Å². The van der Waals surface area contributed by atoms with Crippen molar-refractivity contribution in [1.29, 1.82) is 0 Å². The summed E-state index contributed by atoms with van der Waals surface area (Å²) in [6, 6.07) is 5.23. The van der Waals surface area contributed by atoms with E-state index in [1.54, 1.807) is 0 Å². The molecule has 0 amide bonds. The Kier molecular flexibility index (Phi) is 10.8. The summed E-state index contributed by atoms with van der Waals surface area (Å²) >= 11 is 0. The number of benzene rings is 4. The molecule has 4 heterocycles. The van der Waals surface area contributed by atoms with Crippen LogP contribution in [-0.2, 0) is 38.9 Å². The molecule has 0 saturated heterocycles. The molecule has 4 aliphatic heterocycles. The molecule has 4 unspecified atom stereocenters. The molecule has 18 heteroatoms. The first-order chi connectivity index (χ1) is 27.2. The van der Waals surface area contributed by atoms with Gasteiger partial charge in [0, 0.05) is 41.7 Å². The number of fused-ring (bicyclic) bond motifs is 12. The number of phenols is 6. The molecular weight excluding hydrogens is 792 g/mol. The molecule has 0 fully saturated rings. The normalized spacial score (nSPS) is 23.5. The number of ketones is 2. The van der Waals surface area contributed by atoms with E-state index in [1.807, 2.05) is 0 Å². The second-order valence-electron chi connectivity index (χ2n) is 14.2. The summed E-state index contributed by atoms with van der Waals surface area (Å²) in [5, 5.41) is 72.7. The van der Waals surface area contributed by atoms with Crippen LogP contribution in [0.15, 0.2) is 24.3 Å². The second kappa shape index (κ2) is 14.6. The molecule has 322 valence electrons. The number of rotatable bonds is 6. The molecule has 8 rings (SSSR count). The number of carbonyl (C=O) groups excluding carboxylic acids is 3. The zero-order valence-corrected chi connectivity index (χ0v) is 32.2. The lowest BCUT2D eigenvalue weighted by atomic mass is 9.76. The van der Waals surface area contributed by atoms with E-state index in [-0.39, 0.29) is 99.6 Å². The lowest BCUT2D eigenvalue weighted by molar-refractivity contribution is -0.256. The number of hydrogen-bond donors (Lipinski definition) is 7. The van der Waals surface area contributed by atoms with Gasteiger partial charge >= 0.3 is 0 Å². The maximum Gasteiger partial charge on any atom is 0.240 e. The molecule has 4 aromatic carbocycles. The van der Waals surface area contributed by atoms with Gasteiger partial charge in [0.15, 0.2) is 75.1 Å². The molecule has 7 N–H and O–H groups in total. The summed E-state index contributed by atoms with van der Waals surface area (Å²) in [4.78, 5) is 38.7. The SMILES string of the molecule is C.C.COc1cc2c(c(O)c1O)C1(C)Oc3c(O)c(OC)cc(C=O)c3C(C)(O1)C2=O.COc1cc2c(c(O)c1O)C1(C)Oc3c(O)c(OC)cc(CO)c3C(C)(O1)C2=O. The molecule has 4 aliphatic rings. The van der Waals surface area contributed by atoms with Gasteiger partial charge in [-0.25, -0.2) is 0 Å². The maximum atomic E-state index is 13.5. The van der Waals surface area contributed by atoms with Gasteiger partial charge in [-0.3, -0.25) is 14.4 Å². The van der Waals surface area contributed by atoms with Crippen molar-refractivity contribution in [2.75, 3.05) is 28.4 Å². The fourth-order valence-corrected chi connectivity index (χ4v) is 8.27. The van der Waals surface area contributed by atoms with E-state index in [4.69, 9.17) is 37.9 Å². The Balaban J connectivity index is 0.000000220. The van der Waals surface area contributed by atoms with Crippen molar-refractivity contribution in [3.8, 4) is 69.0 Å². The lowest BCUT2D eigenvalue weighted by Crippen LogP contribution is -2.55. The fourth-order valence-electron chi connectivity index (χ4n) is 8.27. The van der Waals surface area contributed by atoms with E-state index in [0.29, 0.717) is 6.29 Å². The second-order valence-corrected chi connectivity index (χ2v) is 14.2. The number of phenolic OH excluding ortho intramolecular Hbond substituents is 6. The van der Waals surface area contributed by atoms with Gasteiger partial charge in [0.05, 0.1) is 46.2 Å². The largest absolute Gasteiger partial charge is 0.504 e. The van der Waals surface area contributed by atoms with Gasteiger partial charge in [0.1, 0.15) is 0 Å². The molecule has 0 aromatic heterocycles. The number of aldehydes is 1. The van der Waals surface area contributed by atoms with E-state index in [9.17, 15) is 50.1 Å². The van der Waals surface area contributed by atoms with Crippen molar-refractivity contribution in [3.63, 3.8) is 0 Å². The number of aliphatic hydroxyl groups is 1. The van der Waals surface area contributed by atoms with Crippen molar-refractivity contribution < 1.29 is 88.0 Å². The van der Waals surface area contributed by atoms with Crippen LogP contribution in [-0.4, -0.2) is 82.0 Å². The molecule has 18 nitrogen and oxygen atoms in total. The summed E-state index contributed by atoms with van der Waals surface area (Å²) in [7, 11) is 5.20. The highest BCUT2D eigenvalue weighted by Gasteiger charge is 2.61. The molecule has 0 radical (unpaired) electrons. The van der Waals surface area contributed by atoms with E-state index in [0.717, 1.165) is 0 Å². The van der Waals surface area contributed by atoms with Crippen molar-refractivity contribution in [2.24, 2.45) is 0 Å². The van der Waals surface area contributed by atoms with Crippen LogP contribution in [0.5, 0.6) is 69.0 Å². The van der Waals surface area contributed by atoms with E-state index < -0.39 is 69.7 Å². The van der Waals surface area contributed by atoms with Crippen LogP contribution in [0.2, 0.25) is 0 Å². The number of methoxy groups -OCH3 is 4. The Labute approximate surface area is 343 Å². The highest BCUT2D eigenvalue weighted by molar-refractivity contribution is 6.09. The van der Waals surface area contributed by atoms with Gasteiger partial charge in [-0.15, -0.1) is 0 Å². The Bertz CT molecular complexity index is 2490. The maximum absolute atomic E-state index is 13.5. The third-order valence-electron chi connectivity index (χ3n) is 10.8. The number of ether oxygens (including phenoxy) is 8. The van der Waals surface area contributed by atoms with Crippen LogP contribution < -0.4 is 28.4 Å². The van der Waals surface area contributed by atoms with Crippen LogP contribution in [0.1, 0.15) is 101 Å². The summed E-state index contributed by atoms with van der Waals surface area (Å²) in [5.41, 5.74) is -3.12.